The molecule has 4 nitrogen and oxygen atoms in total. The fourth-order valence-electron chi connectivity index (χ4n) is 3.83. The third kappa shape index (κ3) is 3.54. The van der Waals surface area contributed by atoms with Crippen LogP contribution < -0.4 is 4.74 Å². The van der Waals surface area contributed by atoms with Crippen molar-refractivity contribution in [3.63, 3.8) is 0 Å². The molecule has 130 valence electrons. The Morgan fingerprint density at radius 3 is 2.76 bits per heavy atom. The highest BCUT2D eigenvalue weighted by Crippen LogP contribution is 2.32. The van der Waals surface area contributed by atoms with E-state index in [2.05, 4.69) is 52.0 Å². The molecule has 0 amide bonds. The number of ether oxygens (including phenoxy) is 1. The number of aromatic nitrogens is 2. The van der Waals surface area contributed by atoms with Gasteiger partial charge in [-0.25, -0.2) is 4.98 Å². The number of benzene rings is 1. The molecule has 2 aromatic heterocycles. The van der Waals surface area contributed by atoms with Crippen LogP contribution in [0.4, 0.5) is 0 Å². The van der Waals surface area contributed by atoms with Gasteiger partial charge in [0.1, 0.15) is 11.4 Å². The van der Waals surface area contributed by atoms with Crippen molar-refractivity contribution in [2.75, 3.05) is 13.7 Å². The number of nitrogens with zero attached hydrogens (tertiary/aromatic N) is 3. The van der Waals surface area contributed by atoms with Crippen LogP contribution in [0.5, 0.6) is 5.75 Å². The van der Waals surface area contributed by atoms with Crippen molar-refractivity contribution in [1.82, 2.24) is 14.3 Å². The molecule has 1 aliphatic rings. The summed E-state index contributed by atoms with van der Waals surface area (Å²) in [6, 6.07) is 15.2. The second kappa shape index (κ2) is 7.28. The summed E-state index contributed by atoms with van der Waals surface area (Å²) in [5, 5.41) is 0. The van der Waals surface area contributed by atoms with Gasteiger partial charge in [0.2, 0.25) is 0 Å². The molecule has 0 spiro atoms. The first kappa shape index (κ1) is 16.2. The van der Waals surface area contributed by atoms with Gasteiger partial charge in [-0.15, -0.1) is 0 Å². The quantitative estimate of drug-likeness (QED) is 0.705. The van der Waals surface area contributed by atoms with Crippen molar-refractivity contribution in [3.8, 4) is 5.75 Å². The van der Waals surface area contributed by atoms with Gasteiger partial charge in [0.15, 0.2) is 0 Å². The molecule has 4 rings (SSSR count). The van der Waals surface area contributed by atoms with Gasteiger partial charge in [0.05, 0.1) is 12.8 Å². The van der Waals surface area contributed by atoms with Crippen LogP contribution >= 0.6 is 0 Å². The first-order valence-electron chi connectivity index (χ1n) is 9.14. The molecular weight excluding hydrogens is 310 g/mol. The monoisotopic (exact) mass is 335 g/mol. The molecule has 0 saturated carbocycles. The number of likely N-dealkylation sites (tertiary alicyclic amines) is 1. The van der Waals surface area contributed by atoms with Crippen molar-refractivity contribution in [2.45, 2.75) is 38.3 Å². The summed E-state index contributed by atoms with van der Waals surface area (Å²) < 4.78 is 7.42. The number of methoxy groups -OCH3 is 1. The molecule has 0 radical (unpaired) electrons. The van der Waals surface area contributed by atoms with Crippen LogP contribution in [0.15, 0.2) is 54.9 Å². The highest BCUT2D eigenvalue weighted by molar-refractivity contribution is 5.39. The Morgan fingerprint density at radius 2 is 1.96 bits per heavy atom. The Bertz CT molecular complexity index is 792. The summed E-state index contributed by atoms with van der Waals surface area (Å²) in [7, 11) is 1.72. The summed E-state index contributed by atoms with van der Waals surface area (Å²) in [6.07, 6.45) is 9.30. The maximum absolute atomic E-state index is 5.31. The zero-order valence-electron chi connectivity index (χ0n) is 14.8. The largest absolute Gasteiger partial charge is 0.497 e. The summed E-state index contributed by atoms with van der Waals surface area (Å²) >= 11 is 0. The van der Waals surface area contributed by atoms with E-state index in [4.69, 9.17) is 9.72 Å². The van der Waals surface area contributed by atoms with Crippen LogP contribution in [0.3, 0.4) is 0 Å². The minimum atomic E-state index is 0.457. The molecular formula is C21H25N3O. The smallest absolute Gasteiger partial charge is 0.137 e. The highest BCUT2D eigenvalue weighted by Gasteiger charge is 2.23. The van der Waals surface area contributed by atoms with Crippen LogP contribution in [0.1, 0.15) is 43.0 Å². The van der Waals surface area contributed by atoms with Crippen LogP contribution in [-0.4, -0.2) is 27.9 Å². The first-order chi connectivity index (χ1) is 12.3. The maximum Gasteiger partial charge on any atom is 0.137 e. The van der Waals surface area contributed by atoms with Gasteiger partial charge in [0, 0.05) is 25.0 Å². The second-order valence-corrected chi connectivity index (χ2v) is 6.81. The molecule has 1 aliphatic heterocycles. The Labute approximate surface area is 149 Å². The van der Waals surface area contributed by atoms with E-state index >= 15 is 0 Å². The first-order valence-corrected chi connectivity index (χ1v) is 9.14. The van der Waals surface area contributed by atoms with Crippen LogP contribution in [0.2, 0.25) is 0 Å². The fourth-order valence-corrected chi connectivity index (χ4v) is 3.83. The normalized spacial score (nSPS) is 19.0. The molecule has 0 unspecified atom stereocenters. The number of fused-ring (bicyclic) bond motifs is 1. The predicted octanol–water partition coefficient (Wildman–Crippen LogP) is 4.46. The van der Waals surface area contributed by atoms with E-state index in [1.807, 2.05) is 12.1 Å². The van der Waals surface area contributed by atoms with E-state index in [9.17, 15) is 0 Å². The van der Waals surface area contributed by atoms with Gasteiger partial charge >= 0.3 is 0 Å². The maximum atomic E-state index is 5.31. The van der Waals surface area contributed by atoms with Gasteiger partial charge < -0.3 is 9.14 Å². The average molecular weight is 335 g/mol. The van der Waals surface area contributed by atoms with Crippen molar-refractivity contribution in [1.29, 1.82) is 0 Å². The minimum Gasteiger partial charge on any atom is -0.497 e. The van der Waals surface area contributed by atoms with Gasteiger partial charge in [-0.3, -0.25) is 4.90 Å². The summed E-state index contributed by atoms with van der Waals surface area (Å²) in [4.78, 5) is 7.39. The summed E-state index contributed by atoms with van der Waals surface area (Å²) in [5.41, 5.74) is 3.55. The summed E-state index contributed by atoms with van der Waals surface area (Å²) in [5.74, 6) is 0.921. The third-order valence-corrected chi connectivity index (χ3v) is 5.14. The fraction of sp³-hybridized carbons (Fsp3) is 0.381. The number of pyridine rings is 1. The molecule has 1 aromatic carbocycles. The Kier molecular flexibility index (Phi) is 4.70. The molecule has 1 fully saturated rings. The van der Waals surface area contributed by atoms with Gasteiger partial charge in [0.25, 0.3) is 0 Å². The summed E-state index contributed by atoms with van der Waals surface area (Å²) in [6.45, 7) is 2.03. The molecule has 0 bridgehead atoms. The zero-order valence-corrected chi connectivity index (χ0v) is 14.8. The molecule has 0 N–H and O–H groups in total. The van der Waals surface area contributed by atoms with Crippen LogP contribution in [0, 0.1) is 0 Å². The highest BCUT2D eigenvalue weighted by atomic mass is 16.5. The number of hydrogen-bond donors (Lipinski definition) is 0. The topological polar surface area (TPSA) is 29.8 Å². The molecule has 1 atom stereocenters. The Hall–Kier alpha value is -2.33. The third-order valence-electron chi connectivity index (χ3n) is 5.14. The van der Waals surface area contributed by atoms with E-state index in [1.54, 1.807) is 7.11 Å². The molecule has 1 saturated heterocycles. The van der Waals surface area contributed by atoms with E-state index in [0.717, 1.165) is 30.2 Å². The lowest BCUT2D eigenvalue weighted by atomic mass is 10.0. The van der Waals surface area contributed by atoms with E-state index in [0.29, 0.717) is 6.04 Å². The van der Waals surface area contributed by atoms with E-state index in [1.165, 1.54) is 31.2 Å². The molecule has 3 heterocycles. The predicted molar refractivity (Wildman–Crippen MR) is 99.8 cm³/mol. The van der Waals surface area contributed by atoms with Crippen molar-refractivity contribution < 1.29 is 4.74 Å². The minimum absolute atomic E-state index is 0.457. The van der Waals surface area contributed by atoms with E-state index < -0.39 is 0 Å². The standard InChI is InChI=1S/C21H25N3O/c1-25-19-11-9-17(10-12-19)20-7-3-2-5-13-23(20)15-18-16-24-14-6-4-8-21(24)22-18/h4,6,8-12,14,16,20H,2-3,5,7,13,15H2,1H3/t20-/m0/s1. The van der Waals surface area contributed by atoms with Crippen LogP contribution in [-0.2, 0) is 6.54 Å². The Balaban J connectivity index is 1.59. The molecule has 0 aliphatic carbocycles. The number of imidazole rings is 1. The van der Waals surface area contributed by atoms with Gasteiger partial charge in [-0.1, -0.05) is 31.0 Å². The second-order valence-electron chi connectivity index (χ2n) is 6.81. The van der Waals surface area contributed by atoms with Crippen LogP contribution in [0.25, 0.3) is 5.65 Å². The average Bonchev–Trinajstić information content (AvgIpc) is 2.92. The van der Waals surface area contributed by atoms with Crippen molar-refractivity contribution >= 4 is 5.65 Å². The van der Waals surface area contributed by atoms with Gasteiger partial charge in [-0.2, -0.15) is 0 Å². The lowest BCUT2D eigenvalue weighted by Gasteiger charge is -2.29. The van der Waals surface area contributed by atoms with Crippen molar-refractivity contribution in [3.05, 3.63) is 66.1 Å². The molecule has 3 aromatic rings. The van der Waals surface area contributed by atoms with Crippen molar-refractivity contribution in [2.24, 2.45) is 0 Å². The Morgan fingerprint density at radius 1 is 1.08 bits per heavy atom. The zero-order chi connectivity index (χ0) is 17.1. The van der Waals surface area contributed by atoms with E-state index in [-0.39, 0.29) is 0 Å². The lowest BCUT2D eigenvalue weighted by molar-refractivity contribution is 0.190. The lowest BCUT2D eigenvalue weighted by Crippen LogP contribution is -2.28. The van der Waals surface area contributed by atoms with Gasteiger partial charge in [-0.05, 0) is 49.2 Å². The number of hydrogen-bond acceptors (Lipinski definition) is 3. The molecule has 25 heavy (non-hydrogen) atoms. The molecule has 4 heteroatoms. The SMILES string of the molecule is COc1ccc([C@@H]2CCCCCN2Cc2cn3ccccc3n2)cc1. The number of rotatable bonds is 4.